The third kappa shape index (κ3) is 6.06. The molecule has 282 valence electrons. The standard InChI is InChI=1S/C54H36N6/c1-5-17-39(18-6-1)51-55-57-53(59(51)41-21-9-3-10-22-41)49-35-33-43(45-25-13-15-27-47(45)49)37-29-31-38(32-30-37)44-34-36-50(48-28-16-14-26-46(44)48)54-58-56-52(40-19-7-2-8-20-40)60(54)42-23-11-4-12-24-42/h1-36H. The van der Waals surface area contributed by atoms with E-state index in [9.17, 15) is 0 Å². The van der Waals surface area contributed by atoms with E-state index in [0.29, 0.717) is 0 Å². The minimum absolute atomic E-state index is 0.798. The summed E-state index contributed by atoms with van der Waals surface area (Å²) in [7, 11) is 0. The van der Waals surface area contributed by atoms with E-state index >= 15 is 0 Å². The van der Waals surface area contributed by atoms with Gasteiger partial charge in [-0.1, -0.05) is 182 Å². The Balaban J connectivity index is 0.988. The fourth-order valence-corrected chi connectivity index (χ4v) is 8.43. The second-order valence-electron chi connectivity index (χ2n) is 14.8. The predicted octanol–water partition coefficient (Wildman–Crippen LogP) is 13.2. The van der Waals surface area contributed by atoms with Gasteiger partial charge >= 0.3 is 0 Å². The fourth-order valence-electron chi connectivity index (χ4n) is 8.43. The molecule has 2 aromatic heterocycles. The minimum atomic E-state index is 0.798. The van der Waals surface area contributed by atoms with Gasteiger partial charge in [0.25, 0.3) is 0 Å². The molecule has 0 radical (unpaired) electrons. The van der Waals surface area contributed by atoms with Crippen LogP contribution >= 0.6 is 0 Å². The first-order chi connectivity index (χ1) is 29.8. The highest BCUT2D eigenvalue weighted by Crippen LogP contribution is 2.40. The van der Waals surface area contributed by atoms with E-state index in [1.807, 2.05) is 48.5 Å². The highest BCUT2D eigenvalue weighted by molar-refractivity contribution is 6.06. The fraction of sp³-hybridized carbons (Fsp3) is 0. The van der Waals surface area contributed by atoms with E-state index in [0.717, 1.165) is 101 Å². The van der Waals surface area contributed by atoms with E-state index in [1.165, 1.54) is 0 Å². The molecule has 0 unspecified atom stereocenters. The van der Waals surface area contributed by atoms with Crippen LogP contribution in [-0.2, 0) is 0 Å². The molecular formula is C54H36N6. The van der Waals surface area contributed by atoms with Gasteiger partial charge in [-0.15, -0.1) is 20.4 Å². The van der Waals surface area contributed by atoms with E-state index in [2.05, 4.69) is 179 Å². The normalized spacial score (nSPS) is 11.3. The molecule has 6 nitrogen and oxygen atoms in total. The Hall–Kier alpha value is -8.22. The summed E-state index contributed by atoms with van der Waals surface area (Å²) in [6, 6.07) is 76.1. The summed E-state index contributed by atoms with van der Waals surface area (Å²) in [4.78, 5) is 0. The molecule has 11 rings (SSSR count). The zero-order chi connectivity index (χ0) is 39.8. The summed E-state index contributed by atoms with van der Waals surface area (Å²) >= 11 is 0. The van der Waals surface area contributed by atoms with Crippen molar-refractivity contribution in [1.29, 1.82) is 0 Å². The Bertz CT molecular complexity index is 3060. The zero-order valence-electron chi connectivity index (χ0n) is 32.5. The van der Waals surface area contributed by atoms with E-state index < -0.39 is 0 Å². The van der Waals surface area contributed by atoms with Crippen molar-refractivity contribution in [1.82, 2.24) is 29.5 Å². The van der Waals surface area contributed by atoms with Crippen molar-refractivity contribution in [3.05, 3.63) is 218 Å². The molecule has 0 N–H and O–H groups in total. The number of fused-ring (bicyclic) bond motifs is 2. The van der Waals surface area contributed by atoms with Crippen molar-refractivity contribution in [2.45, 2.75) is 0 Å². The van der Waals surface area contributed by atoms with E-state index in [1.54, 1.807) is 0 Å². The van der Waals surface area contributed by atoms with Crippen molar-refractivity contribution in [2.75, 3.05) is 0 Å². The lowest BCUT2D eigenvalue weighted by Crippen LogP contribution is -2.01. The number of hydrogen-bond acceptors (Lipinski definition) is 4. The van der Waals surface area contributed by atoms with Gasteiger partial charge in [0.05, 0.1) is 0 Å². The smallest absolute Gasteiger partial charge is 0.169 e. The lowest BCUT2D eigenvalue weighted by atomic mass is 9.91. The molecule has 2 heterocycles. The van der Waals surface area contributed by atoms with Crippen molar-refractivity contribution in [3.63, 3.8) is 0 Å². The van der Waals surface area contributed by atoms with Crippen molar-refractivity contribution < 1.29 is 0 Å². The van der Waals surface area contributed by atoms with Gasteiger partial charge in [-0.25, -0.2) is 0 Å². The van der Waals surface area contributed by atoms with Crippen LogP contribution in [0.1, 0.15) is 0 Å². The van der Waals surface area contributed by atoms with Crippen LogP contribution < -0.4 is 0 Å². The summed E-state index contributed by atoms with van der Waals surface area (Å²) < 4.78 is 4.32. The predicted molar refractivity (Wildman–Crippen MR) is 244 cm³/mol. The molecule has 0 spiro atoms. The molecule has 0 aliphatic rings. The summed E-state index contributed by atoms with van der Waals surface area (Å²) in [5.41, 5.74) is 10.7. The van der Waals surface area contributed by atoms with Crippen LogP contribution in [0, 0.1) is 0 Å². The average molecular weight is 769 g/mol. The molecule has 9 aromatic carbocycles. The van der Waals surface area contributed by atoms with E-state index in [4.69, 9.17) is 20.4 Å². The molecule has 0 fully saturated rings. The first-order valence-electron chi connectivity index (χ1n) is 20.1. The molecule has 6 heteroatoms. The van der Waals surface area contributed by atoms with E-state index in [-0.39, 0.29) is 0 Å². The van der Waals surface area contributed by atoms with Crippen LogP contribution in [0.4, 0.5) is 0 Å². The molecule has 0 saturated carbocycles. The van der Waals surface area contributed by atoms with Crippen LogP contribution in [0.3, 0.4) is 0 Å². The van der Waals surface area contributed by atoms with Gasteiger partial charge in [0.1, 0.15) is 0 Å². The number of aromatic nitrogens is 6. The summed E-state index contributed by atoms with van der Waals surface area (Å²) in [6.45, 7) is 0. The monoisotopic (exact) mass is 768 g/mol. The van der Waals surface area contributed by atoms with Gasteiger partial charge in [0.2, 0.25) is 0 Å². The third-order valence-electron chi connectivity index (χ3n) is 11.3. The van der Waals surface area contributed by atoms with Crippen molar-refractivity contribution in [2.24, 2.45) is 0 Å². The van der Waals surface area contributed by atoms with Gasteiger partial charge in [0, 0.05) is 33.6 Å². The maximum absolute atomic E-state index is 4.83. The Morgan fingerprint density at radius 3 is 0.867 bits per heavy atom. The van der Waals surface area contributed by atoms with Gasteiger partial charge in [-0.2, -0.15) is 0 Å². The van der Waals surface area contributed by atoms with Crippen LogP contribution in [0.5, 0.6) is 0 Å². The van der Waals surface area contributed by atoms with Crippen LogP contribution in [0.2, 0.25) is 0 Å². The SMILES string of the molecule is c1ccc(-c2nnc(-c3ccc(-c4ccc(-c5ccc(-c6nnc(-c7ccccc7)n6-c6ccccc6)c6ccccc56)cc4)c4ccccc34)n2-c2ccccc2)cc1. The number of nitrogens with zero attached hydrogens (tertiary/aromatic N) is 6. The molecule has 11 aromatic rings. The van der Waals surface area contributed by atoms with Gasteiger partial charge in [0.15, 0.2) is 23.3 Å². The summed E-state index contributed by atoms with van der Waals surface area (Å²) in [5, 5.41) is 23.7. The minimum Gasteiger partial charge on any atom is -0.275 e. The molecule has 0 atom stereocenters. The van der Waals surface area contributed by atoms with Gasteiger partial charge in [-0.05, 0) is 80.2 Å². The number of hydrogen-bond donors (Lipinski definition) is 0. The van der Waals surface area contributed by atoms with Crippen LogP contribution in [-0.4, -0.2) is 29.5 Å². The van der Waals surface area contributed by atoms with Crippen molar-refractivity contribution >= 4 is 21.5 Å². The number of para-hydroxylation sites is 2. The zero-order valence-corrected chi connectivity index (χ0v) is 32.5. The first kappa shape index (κ1) is 35.0. The van der Waals surface area contributed by atoms with Crippen LogP contribution in [0.25, 0.3) is 101 Å². The molecule has 0 aliphatic carbocycles. The average Bonchev–Trinajstić information content (AvgIpc) is 3.98. The molecule has 60 heavy (non-hydrogen) atoms. The lowest BCUT2D eigenvalue weighted by Gasteiger charge is -2.15. The Morgan fingerprint density at radius 1 is 0.217 bits per heavy atom. The molecule has 0 amide bonds. The maximum atomic E-state index is 4.83. The number of rotatable bonds is 8. The Labute approximate surface area is 347 Å². The second kappa shape index (κ2) is 14.9. The van der Waals surface area contributed by atoms with Crippen molar-refractivity contribution in [3.8, 4) is 79.2 Å². The molecule has 0 bridgehead atoms. The number of benzene rings is 9. The Kier molecular flexibility index (Phi) is 8.71. The third-order valence-corrected chi connectivity index (χ3v) is 11.3. The highest BCUT2D eigenvalue weighted by Gasteiger charge is 2.22. The lowest BCUT2D eigenvalue weighted by molar-refractivity contribution is 1.07. The molecule has 0 aliphatic heterocycles. The Morgan fingerprint density at radius 2 is 0.500 bits per heavy atom. The van der Waals surface area contributed by atoms with Crippen LogP contribution in [0.15, 0.2) is 218 Å². The second-order valence-corrected chi connectivity index (χ2v) is 14.8. The highest BCUT2D eigenvalue weighted by atomic mass is 15.3. The summed E-state index contributed by atoms with van der Waals surface area (Å²) in [6.07, 6.45) is 0. The molecular weight excluding hydrogens is 733 g/mol. The summed E-state index contributed by atoms with van der Waals surface area (Å²) in [5.74, 6) is 3.20. The maximum Gasteiger partial charge on any atom is 0.169 e. The quantitative estimate of drug-likeness (QED) is 0.154. The largest absolute Gasteiger partial charge is 0.275 e. The first-order valence-corrected chi connectivity index (χ1v) is 20.1. The molecule has 0 saturated heterocycles. The van der Waals surface area contributed by atoms with Gasteiger partial charge < -0.3 is 0 Å². The van der Waals surface area contributed by atoms with Gasteiger partial charge in [-0.3, -0.25) is 9.13 Å². The topological polar surface area (TPSA) is 61.4 Å².